The van der Waals surface area contributed by atoms with Gasteiger partial charge in [0, 0.05) is 17.1 Å². The van der Waals surface area contributed by atoms with Crippen LogP contribution in [0.15, 0.2) is 23.8 Å². The lowest BCUT2D eigenvalue weighted by molar-refractivity contribution is 0.398. The lowest BCUT2D eigenvalue weighted by atomic mass is 9.83. The molecular formula is C16H21ClFN. The van der Waals surface area contributed by atoms with Gasteiger partial charge in [0.25, 0.3) is 0 Å². The first-order valence-corrected chi connectivity index (χ1v) is 7.38. The van der Waals surface area contributed by atoms with Gasteiger partial charge in [0.15, 0.2) is 0 Å². The summed E-state index contributed by atoms with van der Waals surface area (Å²) >= 11 is 5.79. The second-order valence-electron chi connectivity index (χ2n) is 5.25. The Hall–Kier alpha value is -0.860. The van der Waals surface area contributed by atoms with E-state index in [1.807, 2.05) is 13.1 Å². The van der Waals surface area contributed by atoms with Crippen LogP contribution in [0.3, 0.4) is 0 Å². The zero-order valence-electron chi connectivity index (χ0n) is 11.4. The van der Waals surface area contributed by atoms with Crippen LogP contribution < -0.4 is 5.32 Å². The van der Waals surface area contributed by atoms with E-state index in [1.54, 1.807) is 12.1 Å². The molecule has 1 aromatic carbocycles. The van der Waals surface area contributed by atoms with Crippen molar-refractivity contribution >= 4 is 17.7 Å². The number of hydrogen-bond donors (Lipinski definition) is 1. The second kappa shape index (κ2) is 7.06. The summed E-state index contributed by atoms with van der Waals surface area (Å²) in [6, 6.07) is 4.88. The fourth-order valence-corrected chi connectivity index (χ4v) is 2.97. The Kier molecular flexibility index (Phi) is 5.41. The van der Waals surface area contributed by atoms with Gasteiger partial charge in [0.2, 0.25) is 0 Å². The average molecular weight is 282 g/mol. The maximum Gasteiger partial charge on any atom is 0.131 e. The van der Waals surface area contributed by atoms with E-state index in [-0.39, 0.29) is 5.82 Å². The summed E-state index contributed by atoms with van der Waals surface area (Å²) in [5.41, 5.74) is 1.95. The highest BCUT2D eigenvalue weighted by molar-refractivity contribution is 6.30. The molecule has 0 aromatic heterocycles. The van der Waals surface area contributed by atoms with Gasteiger partial charge in [0.1, 0.15) is 5.82 Å². The van der Waals surface area contributed by atoms with Crippen molar-refractivity contribution in [3.05, 3.63) is 40.2 Å². The van der Waals surface area contributed by atoms with Gasteiger partial charge >= 0.3 is 0 Å². The molecule has 1 saturated carbocycles. The van der Waals surface area contributed by atoms with E-state index >= 15 is 0 Å². The quantitative estimate of drug-likeness (QED) is 0.846. The summed E-state index contributed by atoms with van der Waals surface area (Å²) in [7, 11) is 1.94. The lowest BCUT2D eigenvalue weighted by Crippen LogP contribution is -2.19. The molecule has 0 aliphatic heterocycles. The maximum absolute atomic E-state index is 13.9. The Morgan fingerprint density at radius 3 is 2.74 bits per heavy atom. The fraction of sp³-hybridized carbons (Fsp3) is 0.500. The molecule has 1 fully saturated rings. The van der Waals surface area contributed by atoms with Crippen molar-refractivity contribution < 1.29 is 4.39 Å². The first kappa shape index (κ1) is 14.5. The monoisotopic (exact) mass is 281 g/mol. The molecule has 1 nitrogen and oxygen atoms in total. The molecule has 104 valence electrons. The van der Waals surface area contributed by atoms with Gasteiger partial charge in [0.05, 0.1) is 0 Å². The van der Waals surface area contributed by atoms with Crippen molar-refractivity contribution in [1.29, 1.82) is 0 Å². The van der Waals surface area contributed by atoms with Crippen LogP contribution in [-0.4, -0.2) is 13.6 Å². The summed E-state index contributed by atoms with van der Waals surface area (Å²) in [6.07, 6.45) is 8.35. The van der Waals surface area contributed by atoms with Gasteiger partial charge < -0.3 is 5.32 Å². The van der Waals surface area contributed by atoms with Gasteiger partial charge in [-0.15, -0.1) is 0 Å². The maximum atomic E-state index is 13.9. The van der Waals surface area contributed by atoms with Crippen molar-refractivity contribution in [2.75, 3.05) is 13.6 Å². The molecule has 3 heteroatoms. The Balaban J connectivity index is 2.23. The number of benzene rings is 1. The molecule has 0 spiro atoms. The standard InChI is InChI=1S/C16H21ClFN/c1-19-11-14(12-5-3-2-4-6-12)9-13-7-8-15(17)10-16(13)18/h7-10,12,19H,2-6,11H2,1H3/b14-9-. The minimum absolute atomic E-state index is 0.239. The molecule has 2 rings (SSSR count). The molecule has 1 aliphatic rings. The van der Waals surface area contributed by atoms with Crippen molar-refractivity contribution in [2.45, 2.75) is 32.1 Å². The van der Waals surface area contributed by atoms with Gasteiger partial charge in [-0.05, 0) is 37.9 Å². The predicted molar refractivity (Wildman–Crippen MR) is 79.9 cm³/mol. The first-order valence-electron chi connectivity index (χ1n) is 7.01. The van der Waals surface area contributed by atoms with E-state index in [0.29, 0.717) is 16.5 Å². The molecule has 0 atom stereocenters. The van der Waals surface area contributed by atoms with E-state index in [9.17, 15) is 4.39 Å². The highest BCUT2D eigenvalue weighted by atomic mass is 35.5. The zero-order chi connectivity index (χ0) is 13.7. The Morgan fingerprint density at radius 2 is 2.11 bits per heavy atom. The van der Waals surface area contributed by atoms with Crippen LogP contribution in [0.1, 0.15) is 37.7 Å². The molecule has 1 aliphatic carbocycles. The fourth-order valence-electron chi connectivity index (χ4n) is 2.81. The minimum atomic E-state index is -0.239. The third-order valence-corrected chi connectivity index (χ3v) is 4.05. The van der Waals surface area contributed by atoms with Crippen LogP contribution in [0, 0.1) is 11.7 Å². The minimum Gasteiger partial charge on any atom is -0.316 e. The number of rotatable bonds is 4. The smallest absolute Gasteiger partial charge is 0.131 e. The van der Waals surface area contributed by atoms with Crippen LogP contribution in [0.5, 0.6) is 0 Å². The normalized spacial score (nSPS) is 17.7. The average Bonchev–Trinajstić information content (AvgIpc) is 2.42. The topological polar surface area (TPSA) is 12.0 Å². The molecule has 0 bridgehead atoms. The highest BCUT2D eigenvalue weighted by Gasteiger charge is 2.17. The van der Waals surface area contributed by atoms with Crippen LogP contribution in [-0.2, 0) is 0 Å². The number of nitrogens with one attached hydrogen (secondary N) is 1. The van der Waals surface area contributed by atoms with E-state index in [1.165, 1.54) is 43.7 Å². The molecule has 0 amide bonds. The van der Waals surface area contributed by atoms with E-state index in [4.69, 9.17) is 11.6 Å². The van der Waals surface area contributed by atoms with Gasteiger partial charge in [-0.3, -0.25) is 0 Å². The highest BCUT2D eigenvalue weighted by Crippen LogP contribution is 2.31. The molecule has 1 N–H and O–H groups in total. The third-order valence-electron chi connectivity index (χ3n) is 3.81. The summed E-state index contributed by atoms with van der Waals surface area (Å²) in [5.74, 6) is 0.355. The van der Waals surface area contributed by atoms with Gasteiger partial charge in [-0.25, -0.2) is 4.39 Å². The van der Waals surface area contributed by atoms with Crippen molar-refractivity contribution in [2.24, 2.45) is 5.92 Å². The summed E-state index contributed by atoms with van der Waals surface area (Å²) in [5, 5.41) is 3.65. The van der Waals surface area contributed by atoms with Crippen LogP contribution in [0.4, 0.5) is 4.39 Å². The van der Waals surface area contributed by atoms with E-state index in [2.05, 4.69) is 5.32 Å². The van der Waals surface area contributed by atoms with Crippen LogP contribution in [0.2, 0.25) is 5.02 Å². The third kappa shape index (κ3) is 4.05. The largest absolute Gasteiger partial charge is 0.316 e. The number of hydrogen-bond acceptors (Lipinski definition) is 1. The molecule has 0 unspecified atom stereocenters. The number of halogens is 2. The molecule has 1 aromatic rings. The molecule has 0 saturated heterocycles. The van der Waals surface area contributed by atoms with Crippen molar-refractivity contribution in [3.8, 4) is 0 Å². The summed E-state index contributed by atoms with van der Waals surface area (Å²) < 4.78 is 13.9. The predicted octanol–water partition coefficient (Wildman–Crippen LogP) is 4.66. The SMILES string of the molecule is CNC/C(=C/c1ccc(Cl)cc1F)C1CCCCC1. The number of likely N-dealkylation sites (N-methyl/N-ethyl adjacent to an activating group) is 1. The Labute approximate surface area is 119 Å². The molecule has 19 heavy (non-hydrogen) atoms. The molecule has 0 heterocycles. The first-order chi connectivity index (χ1) is 9.20. The molecular weight excluding hydrogens is 261 g/mol. The van der Waals surface area contributed by atoms with Crippen molar-refractivity contribution in [1.82, 2.24) is 5.32 Å². The summed E-state index contributed by atoms with van der Waals surface area (Å²) in [6.45, 7) is 0.826. The zero-order valence-corrected chi connectivity index (χ0v) is 12.1. The summed E-state index contributed by atoms with van der Waals surface area (Å²) in [4.78, 5) is 0. The van der Waals surface area contributed by atoms with Crippen LogP contribution in [0.25, 0.3) is 6.08 Å². The molecule has 0 radical (unpaired) electrons. The van der Waals surface area contributed by atoms with E-state index < -0.39 is 0 Å². The second-order valence-corrected chi connectivity index (χ2v) is 5.69. The van der Waals surface area contributed by atoms with Crippen molar-refractivity contribution in [3.63, 3.8) is 0 Å². The van der Waals surface area contributed by atoms with Gasteiger partial charge in [-0.2, -0.15) is 0 Å². The van der Waals surface area contributed by atoms with Crippen LogP contribution >= 0.6 is 11.6 Å². The van der Waals surface area contributed by atoms with E-state index in [0.717, 1.165) is 6.54 Å². The van der Waals surface area contributed by atoms with Gasteiger partial charge in [-0.1, -0.05) is 48.6 Å². The Morgan fingerprint density at radius 1 is 1.37 bits per heavy atom. The Bertz CT molecular complexity index is 450. The lowest BCUT2D eigenvalue weighted by Gasteiger charge is -2.24.